The largest absolute Gasteiger partial charge is 0.508 e. The lowest BCUT2D eigenvalue weighted by Gasteiger charge is -2.19. The Labute approximate surface area is 146 Å². The molecule has 0 amide bonds. The van der Waals surface area contributed by atoms with Crippen LogP contribution in [0.2, 0.25) is 0 Å². The number of hydrogen-bond acceptors (Lipinski definition) is 10. The summed E-state index contributed by atoms with van der Waals surface area (Å²) in [6, 6.07) is 3.90. The summed E-state index contributed by atoms with van der Waals surface area (Å²) in [6.07, 6.45) is 4.15. The maximum absolute atomic E-state index is 9.87. The summed E-state index contributed by atoms with van der Waals surface area (Å²) in [5, 5.41) is 54.4. The van der Waals surface area contributed by atoms with Gasteiger partial charge in [0.2, 0.25) is 0 Å². The zero-order valence-electron chi connectivity index (χ0n) is 13.3. The number of aliphatic hydroxyl groups excluding tert-OH is 1. The lowest BCUT2D eigenvalue weighted by Crippen LogP contribution is -2.26. The van der Waals surface area contributed by atoms with Gasteiger partial charge in [0.1, 0.15) is 18.1 Å². The van der Waals surface area contributed by atoms with Crippen LogP contribution >= 0.6 is 0 Å². The van der Waals surface area contributed by atoms with Crippen molar-refractivity contribution in [3.63, 3.8) is 0 Å². The second kappa shape index (κ2) is 7.01. The maximum atomic E-state index is 9.87. The number of benzene rings is 1. The Morgan fingerprint density at radius 3 is 2.46 bits per heavy atom. The smallest absolute Gasteiger partial charge is 0.304 e. The minimum Gasteiger partial charge on any atom is -0.508 e. The summed E-state index contributed by atoms with van der Waals surface area (Å²) in [7, 11) is 0. The highest BCUT2D eigenvalue weighted by atomic mass is 16.7. The predicted octanol–water partition coefficient (Wildman–Crippen LogP) is -1.08. The van der Waals surface area contributed by atoms with E-state index in [9.17, 15) is 20.4 Å². The second-order valence-electron chi connectivity index (χ2n) is 5.26. The minimum absolute atomic E-state index is 0.00654. The molecular weight excluding hydrogens is 346 g/mol. The van der Waals surface area contributed by atoms with Crippen LogP contribution in [0.25, 0.3) is 5.95 Å². The van der Waals surface area contributed by atoms with Crippen LogP contribution in [-0.2, 0) is 19.2 Å². The van der Waals surface area contributed by atoms with Gasteiger partial charge in [0.25, 0.3) is 5.95 Å². The Hall–Kier alpha value is -3.12. The molecule has 0 fully saturated rings. The van der Waals surface area contributed by atoms with E-state index in [1.165, 1.54) is 41.5 Å². The Morgan fingerprint density at radius 2 is 1.85 bits per heavy atom. The molecular formula is C15H15N5O6. The normalized spacial score (nSPS) is 11.5. The van der Waals surface area contributed by atoms with Gasteiger partial charge in [-0.15, -0.1) is 5.10 Å². The maximum Gasteiger partial charge on any atom is 0.304 e. The molecule has 11 heteroatoms. The fourth-order valence-corrected chi connectivity index (χ4v) is 2.17. The first-order chi connectivity index (χ1) is 12.4. The van der Waals surface area contributed by atoms with E-state index in [2.05, 4.69) is 20.3 Å². The van der Waals surface area contributed by atoms with Crippen molar-refractivity contribution in [1.82, 2.24) is 25.0 Å². The van der Waals surface area contributed by atoms with Gasteiger partial charge < -0.3 is 30.3 Å². The molecule has 0 spiro atoms. The molecule has 0 radical (unpaired) electrons. The van der Waals surface area contributed by atoms with E-state index in [-0.39, 0.29) is 41.8 Å². The number of aromatic hydroxyl groups is 1. The van der Waals surface area contributed by atoms with E-state index in [4.69, 9.17) is 9.84 Å². The summed E-state index contributed by atoms with van der Waals surface area (Å²) >= 11 is 0. The number of rotatable bonds is 6. The highest BCUT2D eigenvalue weighted by Crippen LogP contribution is 2.28. The Kier molecular flexibility index (Phi) is 4.77. The molecule has 0 bridgehead atoms. The van der Waals surface area contributed by atoms with Crippen molar-refractivity contribution in [3.8, 4) is 17.4 Å². The van der Waals surface area contributed by atoms with Gasteiger partial charge in [-0.25, -0.2) is 9.97 Å². The molecule has 3 aromatic rings. The van der Waals surface area contributed by atoms with Crippen LogP contribution in [0.4, 0.5) is 0 Å². The van der Waals surface area contributed by atoms with E-state index < -0.39 is 5.97 Å². The molecule has 0 saturated carbocycles. The molecule has 0 unspecified atom stereocenters. The summed E-state index contributed by atoms with van der Waals surface area (Å²) in [4.78, 5) is 8.07. The topological polar surface area (TPSA) is 167 Å². The van der Waals surface area contributed by atoms with Crippen molar-refractivity contribution in [2.24, 2.45) is 0 Å². The lowest BCUT2D eigenvalue weighted by molar-refractivity contribution is -0.324. The number of ether oxygens (including phenoxy) is 1. The van der Waals surface area contributed by atoms with Crippen LogP contribution in [0.1, 0.15) is 16.8 Å². The fourth-order valence-electron chi connectivity index (χ4n) is 2.17. The van der Waals surface area contributed by atoms with Crippen molar-refractivity contribution in [3.05, 3.63) is 53.6 Å². The number of phenolic OH excluding ortho intramolecular Hbond substituents is 1. The minimum atomic E-state index is -3.12. The summed E-state index contributed by atoms with van der Waals surface area (Å²) in [6.45, 7) is -0.529. The first-order valence-electron chi connectivity index (χ1n) is 7.34. The number of hydrogen-bond donors (Lipinski definition) is 5. The summed E-state index contributed by atoms with van der Waals surface area (Å²) < 4.78 is 6.69. The van der Waals surface area contributed by atoms with Gasteiger partial charge in [-0.1, -0.05) is 17.3 Å². The van der Waals surface area contributed by atoms with Crippen molar-refractivity contribution in [2.75, 3.05) is 0 Å². The Bertz CT molecular complexity index is 890. The van der Waals surface area contributed by atoms with Crippen LogP contribution in [0.15, 0.2) is 36.8 Å². The highest BCUT2D eigenvalue weighted by Gasteiger charge is 2.27. The summed E-state index contributed by atoms with van der Waals surface area (Å²) in [5.41, 5.74) is 0.0450. The molecule has 1 aromatic carbocycles. The third kappa shape index (κ3) is 3.75. The van der Waals surface area contributed by atoms with Crippen molar-refractivity contribution >= 4 is 0 Å². The molecule has 0 aliphatic rings. The molecule has 26 heavy (non-hydrogen) atoms. The van der Waals surface area contributed by atoms with Crippen LogP contribution in [0, 0.1) is 0 Å². The van der Waals surface area contributed by atoms with E-state index >= 15 is 0 Å². The summed E-state index contributed by atoms with van der Waals surface area (Å²) in [5.74, 6) is -2.96. The SMILES string of the molecule is OCc1cn(-c2ncc(OCc3c(O)cccc3C(O)(O)O)cn2)nn1. The van der Waals surface area contributed by atoms with E-state index in [0.29, 0.717) is 5.69 Å². The van der Waals surface area contributed by atoms with Gasteiger partial charge in [0.15, 0.2) is 5.75 Å². The fraction of sp³-hybridized carbons (Fsp3) is 0.200. The van der Waals surface area contributed by atoms with Gasteiger partial charge in [-0.05, 0) is 6.07 Å². The van der Waals surface area contributed by atoms with E-state index in [1.807, 2.05) is 0 Å². The molecule has 0 atom stereocenters. The van der Waals surface area contributed by atoms with E-state index in [1.54, 1.807) is 0 Å². The molecule has 5 N–H and O–H groups in total. The third-order valence-corrected chi connectivity index (χ3v) is 3.42. The molecule has 0 aliphatic carbocycles. The van der Waals surface area contributed by atoms with Gasteiger partial charge in [0.05, 0.1) is 30.8 Å². The van der Waals surface area contributed by atoms with Crippen molar-refractivity contribution in [1.29, 1.82) is 0 Å². The monoisotopic (exact) mass is 361 g/mol. The molecule has 2 aromatic heterocycles. The standard InChI is InChI=1S/C15H15N5O6/c21-7-9-6-20(19-18-9)14-16-4-10(5-17-14)26-8-11-12(15(23,24)25)2-1-3-13(11)22/h1-6,21-25H,7-8H2. The van der Waals surface area contributed by atoms with Gasteiger partial charge in [-0.2, -0.15) is 4.68 Å². The van der Waals surface area contributed by atoms with Crippen LogP contribution < -0.4 is 4.74 Å². The average molecular weight is 361 g/mol. The van der Waals surface area contributed by atoms with E-state index in [0.717, 1.165) is 0 Å². The number of aliphatic hydroxyl groups is 4. The van der Waals surface area contributed by atoms with Gasteiger partial charge in [0, 0.05) is 5.56 Å². The first kappa shape index (κ1) is 17.7. The molecule has 2 heterocycles. The van der Waals surface area contributed by atoms with Crippen molar-refractivity contribution < 1.29 is 30.3 Å². The molecule has 0 saturated heterocycles. The second-order valence-corrected chi connectivity index (χ2v) is 5.26. The quantitative estimate of drug-likeness (QED) is 0.341. The van der Waals surface area contributed by atoms with Crippen LogP contribution in [0.3, 0.4) is 0 Å². The predicted molar refractivity (Wildman–Crippen MR) is 83.6 cm³/mol. The van der Waals surface area contributed by atoms with Crippen molar-refractivity contribution in [2.45, 2.75) is 19.2 Å². The Morgan fingerprint density at radius 1 is 1.12 bits per heavy atom. The van der Waals surface area contributed by atoms with Crippen LogP contribution in [0.5, 0.6) is 11.5 Å². The molecule has 11 nitrogen and oxygen atoms in total. The molecule has 0 aliphatic heterocycles. The average Bonchev–Trinajstić information content (AvgIpc) is 3.09. The first-order valence-corrected chi connectivity index (χ1v) is 7.34. The van der Waals surface area contributed by atoms with Gasteiger partial charge >= 0.3 is 5.97 Å². The van der Waals surface area contributed by atoms with Crippen LogP contribution in [-0.4, -0.2) is 50.5 Å². The zero-order valence-corrected chi connectivity index (χ0v) is 13.3. The van der Waals surface area contributed by atoms with Gasteiger partial charge in [-0.3, -0.25) is 0 Å². The third-order valence-electron chi connectivity index (χ3n) is 3.42. The zero-order chi connectivity index (χ0) is 18.7. The number of aromatic nitrogens is 5. The molecule has 136 valence electrons. The lowest BCUT2D eigenvalue weighted by atomic mass is 10.1. The number of nitrogens with zero attached hydrogens (tertiary/aromatic N) is 5. The Balaban J connectivity index is 1.75. The highest BCUT2D eigenvalue weighted by molar-refractivity contribution is 5.40. The number of phenols is 1. The molecule has 3 rings (SSSR count).